The molecule has 0 aliphatic carbocycles. The molecule has 2 aromatic rings. The number of hydrogen-bond donors (Lipinski definition) is 3. The van der Waals surface area contributed by atoms with Gasteiger partial charge in [-0.15, -0.1) is 0 Å². The Morgan fingerprint density at radius 3 is 2.23 bits per heavy atom. The summed E-state index contributed by atoms with van der Waals surface area (Å²) < 4.78 is 45.3. The van der Waals surface area contributed by atoms with Crippen LogP contribution in [0.15, 0.2) is 76.0 Å². The van der Waals surface area contributed by atoms with Crippen LogP contribution in [0.4, 0.5) is 0 Å². The largest absolute Gasteiger partial charge is 0.466 e. The number of nitrogens with one attached hydrogen (secondary N) is 1. The first kappa shape index (κ1) is 32.0. The summed E-state index contributed by atoms with van der Waals surface area (Å²) in [4.78, 5) is 25.4. The van der Waals surface area contributed by atoms with E-state index in [-0.39, 0.29) is 23.7 Å². The van der Waals surface area contributed by atoms with Gasteiger partial charge in [0.05, 0.1) is 54.6 Å². The van der Waals surface area contributed by atoms with E-state index < -0.39 is 28.0 Å². The molecule has 1 atom stereocenters. The Morgan fingerprint density at radius 2 is 1.69 bits per heavy atom. The van der Waals surface area contributed by atoms with Gasteiger partial charge in [-0.3, -0.25) is 4.55 Å². The van der Waals surface area contributed by atoms with E-state index in [0.717, 1.165) is 5.56 Å². The number of ether oxygens (including phenoxy) is 3. The van der Waals surface area contributed by atoms with Crippen molar-refractivity contribution in [2.24, 2.45) is 5.73 Å². The number of rotatable bonds is 9. The molecule has 10 nitrogen and oxygen atoms in total. The smallest absolute Gasteiger partial charge is 0.336 e. The molecular formula is C27H33ClN2O8S. The van der Waals surface area contributed by atoms with Crippen LogP contribution in [-0.2, 0) is 33.9 Å². The van der Waals surface area contributed by atoms with Gasteiger partial charge in [0, 0.05) is 17.3 Å². The number of allylic oxidation sites excluding steroid dienone is 1. The Labute approximate surface area is 233 Å². The van der Waals surface area contributed by atoms with E-state index in [9.17, 15) is 18.0 Å². The zero-order valence-corrected chi connectivity index (χ0v) is 23.8. The molecule has 0 bridgehead atoms. The zero-order chi connectivity index (χ0) is 29.2. The second-order valence-electron chi connectivity index (χ2n) is 8.35. The molecule has 0 saturated heterocycles. The van der Waals surface area contributed by atoms with Crippen molar-refractivity contribution in [3.05, 3.63) is 87.2 Å². The van der Waals surface area contributed by atoms with Crippen LogP contribution < -0.4 is 11.1 Å². The highest BCUT2D eigenvalue weighted by Crippen LogP contribution is 2.41. The molecule has 1 heterocycles. The second-order valence-corrected chi connectivity index (χ2v) is 10.2. The van der Waals surface area contributed by atoms with Gasteiger partial charge in [0.25, 0.3) is 10.1 Å². The maximum Gasteiger partial charge on any atom is 0.336 e. The normalized spacial score (nSPS) is 15.2. The van der Waals surface area contributed by atoms with Gasteiger partial charge in [-0.1, -0.05) is 47.5 Å². The highest BCUT2D eigenvalue weighted by molar-refractivity contribution is 7.85. The summed E-state index contributed by atoms with van der Waals surface area (Å²) in [6, 6.07) is 13.0. The molecular weight excluding hydrogens is 548 g/mol. The molecule has 1 aliphatic heterocycles. The van der Waals surface area contributed by atoms with Gasteiger partial charge in [0.15, 0.2) is 0 Å². The van der Waals surface area contributed by atoms with Crippen LogP contribution in [0.1, 0.15) is 30.9 Å². The first-order valence-electron chi connectivity index (χ1n) is 12.0. The zero-order valence-electron chi connectivity index (χ0n) is 22.2. The Bertz CT molecular complexity index is 1340. The van der Waals surface area contributed by atoms with Crippen LogP contribution in [0.3, 0.4) is 0 Å². The minimum absolute atomic E-state index is 0.0666. The van der Waals surface area contributed by atoms with Crippen molar-refractivity contribution >= 4 is 33.7 Å². The number of hydrogen-bond acceptors (Lipinski definition) is 9. The third-order valence-corrected chi connectivity index (χ3v) is 6.80. The molecule has 0 spiro atoms. The van der Waals surface area contributed by atoms with Gasteiger partial charge >= 0.3 is 11.9 Å². The number of methoxy groups -OCH3 is 1. The molecule has 0 amide bonds. The predicted molar refractivity (Wildman–Crippen MR) is 147 cm³/mol. The third-order valence-electron chi connectivity index (χ3n) is 5.59. The summed E-state index contributed by atoms with van der Waals surface area (Å²) in [5.41, 5.74) is 8.66. The molecule has 0 saturated carbocycles. The average molecular weight is 581 g/mol. The SMILES string of the molecule is CCOC(=O)C1=C(COCCN)NC(C)=C(C(=O)OC)[C@H]1c1ccccc1Cl.Cc1ccc(S(=O)(=O)O)cc1. The minimum atomic E-state index is -4.02. The van der Waals surface area contributed by atoms with Crippen LogP contribution in [-0.4, -0.2) is 58.4 Å². The average Bonchev–Trinajstić information content (AvgIpc) is 2.88. The lowest BCUT2D eigenvalue weighted by molar-refractivity contribution is -0.139. The van der Waals surface area contributed by atoms with Crippen molar-refractivity contribution in [3.63, 3.8) is 0 Å². The lowest BCUT2D eigenvalue weighted by atomic mass is 9.80. The number of halogens is 1. The highest BCUT2D eigenvalue weighted by atomic mass is 35.5. The van der Waals surface area contributed by atoms with Crippen molar-refractivity contribution in [1.29, 1.82) is 0 Å². The number of esters is 2. The molecule has 39 heavy (non-hydrogen) atoms. The van der Waals surface area contributed by atoms with Crippen LogP contribution >= 0.6 is 11.6 Å². The molecule has 3 rings (SSSR count). The van der Waals surface area contributed by atoms with Crippen molar-refractivity contribution in [2.75, 3.05) is 33.5 Å². The van der Waals surface area contributed by atoms with E-state index in [1.807, 2.05) is 6.92 Å². The number of carbonyl (C=O) groups is 2. The summed E-state index contributed by atoms with van der Waals surface area (Å²) in [5.74, 6) is -1.86. The molecule has 212 valence electrons. The maximum atomic E-state index is 12.9. The molecule has 0 unspecified atom stereocenters. The van der Waals surface area contributed by atoms with Crippen LogP contribution in [0, 0.1) is 6.92 Å². The molecule has 4 N–H and O–H groups in total. The van der Waals surface area contributed by atoms with Crippen molar-refractivity contribution < 1.29 is 36.8 Å². The van der Waals surface area contributed by atoms with E-state index in [1.54, 1.807) is 50.2 Å². The first-order valence-corrected chi connectivity index (χ1v) is 13.8. The summed E-state index contributed by atoms with van der Waals surface area (Å²) in [6.45, 7) is 6.26. The molecule has 0 aromatic heterocycles. The first-order chi connectivity index (χ1) is 18.5. The third kappa shape index (κ3) is 8.64. The van der Waals surface area contributed by atoms with E-state index in [4.69, 9.17) is 36.1 Å². The maximum absolute atomic E-state index is 12.9. The standard InChI is InChI=1S/C20H25ClN2O5.C7H8O3S/c1-4-28-20(25)18-15(11-27-10-9-22)23-12(2)16(19(24)26-3)17(18)13-7-5-6-8-14(13)21;1-6-2-4-7(5-3-6)11(8,9)10/h5-8,17,23H,4,9-11,22H2,1-3H3;2-5H,1H3,(H,8,9,10)/t17-;/m1./s1. The highest BCUT2D eigenvalue weighted by Gasteiger charge is 2.39. The van der Waals surface area contributed by atoms with Crippen LogP contribution in [0.25, 0.3) is 0 Å². The number of aryl methyl sites for hydroxylation is 1. The van der Waals surface area contributed by atoms with Crippen molar-refractivity contribution in [3.8, 4) is 0 Å². The molecule has 2 aromatic carbocycles. The fourth-order valence-corrected chi connectivity index (χ4v) is 4.55. The lowest BCUT2D eigenvalue weighted by Crippen LogP contribution is -2.35. The van der Waals surface area contributed by atoms with Gasteiger partial charge in [-0.2, -0.15) is 8.42 Å². The van der Waals surface area contributed by atoms with Gasteiger partial charge in [-0.25, -0.2) is 9.59 Å². The van der Waals surface area contributed by atoms with Gasteiger partial charge < -0.3 is 25.3 Å². The minimum Gasteiger partial charge on any atom is -0.466 e. The van der Waals surface area contributed by atoms with Crippen LogP contribution in [0.5, 0.6) is 0 Å². The predicted octanol–water partition coefficient (Wildman–Crippen LogP) is 3.51. The summed E-state index contributed by atoms with van der Waals surface area (Å²) in [5, 5.41) is 3.52. The molecule has 1 aliphatic rings. The molecule has 12 heteroatoms. The summed E-state index contributed by atoms with van der Waals surface area (Å²) in [6.07, 6.45) is 0. The Hall–Kier alpha value is -3.22. The van der Waals surface area contributed by atoms with Crippen molar-refractivity contribution in [2.45, 2.75) is 31.6 Å². The Balaban J connectivity index is 0.000000404. The topological polar surface area (TPSA) is 154 Å². The fraction of sp³-hybridized carbons (Fsp3) is 0.333. The number of dihydropyridines is 1. The lowest BCUT2D eigenvalue weighted by Gasteiger charge is -2.31. The Morgan fingerprint density at radius 1 is 1.05 bits per heavy atom. The Kier molecular flexibility index (Phi) is 12.1. The monoisotopic (exact) mass is 580 g/mol. The number of carbonyl (C=O) groups excluding carboxylic acids is 2. The summed E-state index contributed by atoms with van der Waals surface area (Å²) >= 11 is 6.42. The number of nitrogens with two attached hydrogens (primary N) is 1. The fourth-order valence-electron chi connectivity index (χ4n) is 3.83. The number of benzene rings is 2. The van der Waals surface area contributed by atoms with Crippen LogP contribution in [0.2, 0.25) is 5.02 Å². The van der Waals surface area contributed by atoms with E-state index >= 15 is 0 Å². The second kappa shape index (κ2) is 14.8. The van der Waals surface area contributed by atoms with Gasteiger partial charge in [0.1, 0.15) is 0 Å². The summed E-state index contributed by atoms with van der Waals surface area (Å²) in [7, 11) is -2.73. The van der Waals surface area contributed by atoms with Gasteiger partial charge in [0.2, 0.25) is 0 Å². The quantitative estimate of drug-likeness (QED) is 0.228. The molecule has 0 fully saturated rings. The van der Waals surface area contributed by atoms with Crippen molar-refractivity contribution in [1.82, 2.24) is 5.32 Å². The van der Waals surface area contributed by atoms with E-state index in [1.165, 1.54) is 19.2 Å². The van der Waals surface area contributed by atoms with E-state index in [2.05, 4.69) is 5.32 Å². The van der Waals surface area contributed by atoms with Gasteiger partial charge in [-0.05, 0) is 44.5 Å². The molecule has 0 radical (unpaired) electrons. The van der Waals surface area contributed by atoms with E-state index in [0.29, 0.717) is 40.7 Å².